The predicted molar refractivity (Wildman–Crippen MR) is 397 cm³/mol. The molecule has 19 nitrogen and oxygen atoms in total. The van der Waals surface area contributed by atoms with Crippen LogP contribution in [0.4, 0.5) is 0 Å². The van der Waals surface area contributed by atoms with E-state index in [1.165, 1.54) is 16.5 Å². The Morgan fingerprint density at radius 2 is 0.540 bits per heavy atom. The zero-order valence-corrected chi connectivity index (χ0v) is 68.1. The maximum atomic E-state index is 12.9. The minimum absolute atomic E-state index is 0.00324. The van der Waals surface area contributed by atoms with Crippen LogP contribution in [0.1, 0.15) is 372 Å². The number of carbonyl (C=O) groups excluding carboxylic acids is 6. The first-order valence-corrected chi connectivity index (χ1v) is 39.1. The van der Waals surface area contributed by atoms with Gasteiger partial charge in [-0.3, -0.25) is 28.8 Å². The first kappa shape index (κ1) is 88.9. The summed E-state index contributed by atoms with van der Waals surface area (Å²) < 4.78 is 34.6. The molecule has 5 N–H and O–H groups in total. The van der Waals surface area contributed by atoms with Crippen molar-refractivity contribution in [3.05, 3.63) is 0 Å². The second-order valence-electron chi connectivity index (χ2n) is 39.7. The van der Waals surface area contributed by atoms with Crippen molar-refractivity contribution in [2.24, 2.45) is 16.7 Å². The average molecular weight is 1420 g/mol. The van der Waals surface area contributed by atoms with Crippen molar-refractivity contribution in [3.63, 3.8) is 0 Å². The lowest BCUT2D eigenvalue weighted by molar-refractivity contribution is -0.260. The van der Waals surface area contributed by atoms with Gasteiger partial charge in [0.1, 0.15) is 36.6 Å². The van der Waals surface area contributed by atoms with Gasteiger partial charge in [-0.2, -0.15) is 10.1 Å². The second-order valence-corrected chi connectivity index (χ2v) is 39.7. The van der Waals surface area contributed by atoms with Crippen LogP contribution in [-0.2, 0) is 57.2 Å². The molecule has 0 aromatic heterocycles. The Balaban J connectivity index is 0.000000320. The molecule has 100 heavy (non-hydrogen) atoms. The Hall–Kier alpha value is -3.46. The molecular formula is C81H149N5O14. The summed E-state index contributed by atoms with van der Waals surface area (Å²) in [6.45, 7) is 52.6. The minimum atomic E-state index is -0.507. The molecule has 0 aromatic rings. The van der Waals surface area contributed by atoms with Crippen LogP contribution in [0, 0.1) is 16.7 Å². The highest BCUT2D eigenvalue weighted by molar-refractivity contribution is 5.78. The van der Waals surface area contributed by atoms with Crippen LogP contribution in [0.3, 0.4) is 0 Å². The zero-order valence-electron chi connectivity index (χ0n) is 68.1. The van der Waals surface area contributed by atoms with Gasteiger partial charge in [0.2, 0.25) is 0 Å². The standard InChI is InChI=1S/C30H56N2O4.C29H53NO4.C22H40N2O6/c1-10-22(26(34)36-24-20-29(6,7)32-30(8,9)21-24)16-14-12-11-13-15-17-25(33)35-23-18-27(2,3)31-28(4,5)19-23;1-26(2)17-22(18-27(3,4)21-26)33-24(31)15-13-11-9-10-12-14-16-25(32)34-23-19-28(5,6)30-29(7,8)20-23;1-19(2)11-15(12-20(3,4)23(19)27)29-17(25)9-10-18(26)30-16-13-21(5,6)24(28)22(7,8)14-16/h22-24,31-32H,10-21H2,1-9H3;22-23,30H,9-21H2,1-8H3;15-16,27-28H,9-14H2,1-8H3. The predicted octanol–water partition coefficient (Wildman–Crippen LogP) is 17.2. The third kappa shape index (κ3) is 32.1. The van der Waals surface area contributed by atoms with E-state index in [4.69, 9.17) is 28.4 Å². The Labute approximate surface area is 607 Å². The molecule has 6 fully saturated rings. The Morgan fingerprint density at radius 3 is 0.810 bits per heavy atom. The number of piperidine rings is 5. The van der Waals surface area contributed by atoms with Crippen molar-refractivity contribution < 1.29 is 67.6 Å². The van der Waals surface area contributed by atoms with Gasteiger partial charge in [0.25, 0.3) is 0 Å². The lowest BCUT2D eigenvalue weighted by atomic mass is 9.64. The highest BCUT2D eigenvalue weighted by Crippen LogP contribution is 2.47. The summed E-state index contributed by atoms with van der Waals surface area (Å²) in [7, 11) is 0. The minimum Gasteiger partial charge on any atom is -0.462 e. The highest BCUT2D eigenvalue weighted by atomic mass is 16.6. The van der Waals surface area contributed by atoms with Crippen molar-refractivity contribution in [2.45, 2.75) is 464 Å². The number of nitrogens with one attached hydrogen (secondary N) is 3. The maximum Gasteiger partial charge on any atom is 0.309 e. The van der Waals surface area contributed by atoms with E-state index < -0.39 is 34.1 Å². The number of hydroxylamine groups is 4. The zero-order chi connectivity index (χ0) is 75.9. The van der Waals surface area contributed by atoms with E-state index >= 15 is 0 Å². The van der Waals surface area contributed by atoms with Crippen LogP contribution in [0.15, 0.2) is 0 Å². The molecule has 0 radical (unpaired) electrons. The first-order chi connectivity index (χ1) is 45.5. The van der Waals surface area contributed by atoms with Crippen molar-refractivity contribution >= 4 is 35.8 Å². The van der Waals surface area contributed by atoms with E-state index in [9.17, 15) is 39.2 Å². The van der Waals surface area contributed by atoms with E-state index in [-0.39, 0.29) is 123 Å². The maximum absolute atomic E-state index is 12.9. The van der Waals surface area contributed by atoms with Crippen LogP contribution >= 0.6 is 0 Å². The van der Waals surface area contributed by atoms with Crippen molar-refractivity contribution in [2.75, 3.05) is 0 Å². The Bertz CT molecular complexity index is 2410. The van der Waals surface area contributed by atoms with E-state index in [1.807, 2.05) is 55.4 Å². The number of carbonyl (C=O) groups is 6. The van der Waals surface area contributed by atoms with Crippen LogP contribution < -0.4 is 16.0 Å². The third-order valence-corrected chi connectivity index (χ3v) is 21.3. The number of nitrogens with zero attached hydrogens (tertiary/aromatic N) is 2. The molecule has 5 saturated heterocycles. The van der Waals surface area contributed by atoms with Gasteiger partial charge in [0.05, 0.1) is 18.8 Å². The smallest absolute Gasteiger partial charge is 0.309 e. The van der Waals surface area contributed by atoms with Gasteiger partial charge in [0.15, 0.2) is 0 Å². The molecule has 19 heteroatoms. The normalized spacial score (nSPS) is 24.9. The number of ether oxygens (including phenoxy) is 6. The summed E-state index contributed by atoms with van der Waals surface area (Å²) in [5.41, 5.74) is -1.67. The van der Waals surface area contributed by atoms with E-state index in [0.717, 1.165) is 135 Å². The average Bonchev–Trinajstić information content (AvgIpc) is 0.793. The molecule has 582 valence electrons. The summed E-state index contributed by atoms with van der Waals surface area (Å²) in [6, 6.07) is 0. The molecule has 1 unspecified atom stereocenters. The summed E-state index contributed by atoms with van der Waals surface area (Å²) in [6.07, 6.45) is 24.1. The molecule has 1 atom stereocenters. The molecule has 5 heterocycles. The van der Waals surface area contributed by atoms with Crippen LogP contribution in [0.25, 0.3) is 0 Å². The molecular weight excluding hydrogens is 1270 g/mol. The molecule has 0 amide bonds. The molecule has 6 aliphatic rings. The highest BCUT2D eigenvalue weighted by Gasteiger charge is 2.49. The monoisotopic (exact) mass is 1420 g/mol. The fourth-order valence-electron chi connectivity index (χ4n) is 18.9. The topological polar surface area (TPSA) is 241 Å². The SMILES string of the molecule is CC1(C)CC(OC(=O)CCC(=O)OC2CC(C)(C)N(O)C(C)(C)C2)CC(C)(C)N1O.CC1(C)CC(OC(=O)CCCCCCCCC(=O)OC2CC(C)(C)NC(C)(C)C2)CC(C)(C)C1.CCC(CCCCCCCC(=O)OC1CC(C)(C)NC(C)(C)C1)C(=O)OC1CC(C)(C)NC(C)(C)C1. The van der Waals surface area contributed by atoms with Gasteiger partial charge in [-0.05, 0) is 201 Å². The molecule has 6 rings (SSSR count). The fraction of sp³-hybridized carbons (Fsp3) is 0.926. The summed E-state index contributed by atoms with van der Waals surface area (Å²) in [4.78, 5) is 74.5. The van der Waals surface area contributed by atoms with Crippen molar-refractivity contribution in [1.82, 2.24) is 26.1 Å². The molecule has 1 aliphatic carbocycles. The first-order valence-electron chi connectivity index (χ1n) is 39.1. The molecule has 0 bridgehead atoms. The summed E-state index contributed by atoms with van der Waals surface area (Å²) >= 11 is 0. The van der Waals surface area contributed by atoms with E-state index in [2.05, 4.69) is 134 Å². The summed E-state index contributed by atoms with van der Waals surface area (Å²) in [5.74, 6) is -1.06. The lowest BCUT2D eigenvalue weighted by Gasteiger charge is -2.51. The molecule has 5 aliphatic heterocycles. The molecule has 0 aromatic carbocycles. The van der Waals surface area contributed by atoms with Gasteiger partial charge in [-0.1, -0.05) is 86.0 Å². The molecule has 0 spiro atoms. The van der Waals surface area contributed by atoms with Crippen LogP contribution in [0.2, 0.25) is 0 Å². The Morgan fingerprint density at radius 1 is 0.320 bits per heavy atom. The van der Waals surface area contributed by atoms with Crippen molar-refractivity contribution in [1.29, 1.82) is 0 Å². The largest absolute Gasteiger partial charge is 0.462 e. The second kappa shape index (κ2) is 36.2. The third-order valence-electron chi connectivity index (χ3n) is 21.3. The van der Waals surface area contributed by atoms with Gasteiger partial charge in [-0.25, -0.2) is 0 Å². The van der Waals surface area contributed by atoms with Crippen LogP contribution in [0.5, 0.6) is 0 Å². The van der Waals surface area contributed by atoms with Crippen molar-refractivity contribution in [3.8, 4) is 0 Å². The van der Waals surface area contributed by atoms with Gasteiger partial charge < -0.3 is 54.8 Å². The van der Waals surface area contributed by atoms with Gasteiger partial charge >= 0.3 is 35.8 Å². The van der Waals surface area contributed by atoms with E-state index in [0.29, 0.717) is 44.9 Å². The number of unbranched alkanes of at least 4 members (excludes halogenated alkanes) is 9. The quantitative estimate of drug-likeness (QED) is 0.0278. The number of esters is 6. The number of hydrogen-bond donors (Lipinski definition) is 5. The van der Waals surface area contributed by atoms with Gasteiger partial charge in [-0.15, -0.1) is 0 Å². The number of rotatable bonds is 28. The summed E-state index contributed by atoms with van der Waals surface area (Å²) in [5, 5.41) is 34.3. The van der Waals surface area contributed by atoms with E-state index in [1.54, 1.807) is 0 Å². The Kier molecular flexibility index (Phi) is 32.2. The van der Waals surface area contributed by atoms with Crippen LogP contribution in [-0.4, -0.2) is 148 Å². The molecule has 1 saturated carbocycles. The fourth-order valence-corrected chi connectivity index (χ4v) is 18.9. The van der Waals surface area contributed by atoms with Gasteiger partial charge in [0, 0.05) is 139 Å². The number of hydrogen-bond acceptors (Lipinski definition) is 19. The lowest BCUT2D eigenvalue weighted by Crippen LogP contribution is -2.60.